The molecule has 3 aromatic rings. The van der Waals surface area contributed by atoms with E-state index in [2.05, 4.69) is 26.0 Å². The maximum atomic E-state index is 13.0. The number of rotatable bonds is 7. The summed E-state index contributed by atoms with van der Waals surface area (Å²) >= 11 is 3.33. The third-order valence-corrected chi connectivity index (χ3v) is 4.85. The molecule has 31 heavy (non-hydrogen) atoms. The van der Waals surface area contributed by atoms with Crippen molar-refractivity contribution >= 4 is 44.7 Å². The number of benzene rings is 2. The van der Waals surface area contributed by atoms with Crippen LogP contribution in [0.3, 0.4) is 0 Å². The molecule has 2 aromatic carbocycles. The van der Waals surface area contributed by atoms with Crippen LogP contribution in [-0.4, -0.2) is 38.0 Å². The highest BCUT2D eigenvalue weighted by Crippen LogP contribution is 2.24. The van der Waals surface area contributed by atoms with Gasteiger partial charge in [-0.3, -0.25) is 14.9 Å². The zero-order valence-corrected chi connectivity index (χ0v) is 18.1. The lowest BCUT2D eigenvalue weighted by Gasteiger charge is -2.13. The van der Waals surface area contributed by atoms with Crippen molar-refractivity contribution in [1.82, 2.24) is 9.66 Å². The molecular weight excluding hydrogens is 472 g/mol. The standard InChI is InChI=1S/C20H17BrN4O6/c1-3-18-23-16-6-4-13(21)9-15(16)19(26)24(18)22-10-12-8-14(25(29)30)5-7-17(12)31-11(2)20(27)28/h4-11H,3H2,1-2H3,(H,27,28)/t11-/m0/s1. The van der Waals surface area contributed by atoms with Gasteiger partial charge in [0.1, 0.15) is 11.6 Å². The quantitative estimate of drug-likeness (QED) is 0.305. The van der Waals surface area contributed by atoms with Gasteiger partial charge >= 0.3 is 5.97 Å². The summed E-state index contributed by atoms with van der Waals surface area (Å²) in [7, 11) is 0. The molecule has 10 nitrogen and oxygen atoms in total. The Kier molecular flexibility index (Phi) is 6.44. The van der Waals surface area contributed by atoms with Gasteiger partial charge in [0.05, 0.1) is 22.0 Å². The van der Waals surface area contributed by atoms with Crippen molar-refractivity contribution in [3.05, 3.63) is 72.7 Å². The summed E-state index contributed by atoms with van der Waals surface area (Å²) in [6.07, 6.45) is 0.429. The average molecular weight is 489 g/mol. The lowest BCUT2D eigenvalue weighted by Crippen LogP contribution is -2.24. The maximum Gasteiger partial charge on any atom is 0.344 e. The number of aryl methyl sites for hydroxylation is 1. The SMILES string of the molecule is CCc1nc2ccc(Br)cc2c(=O)n1N=Cc1cc([N+](=O)[O-])ccc1O[C@@H](C)C(=O)O. The Labute approximate surface area is 184 Å². The molecular formula is C20H17BrN4O6. The smallest absolute Gasteiger partial charge is 0.344 e. The molecule has 0 bridgehead atoms. The number of aliphatic carboxylic acids is 1. The number of fused-ring (bicyclic) bond motifs is 1. The van der Waals surface area contributed by atoms with E-state index in [1.165, 1.54) is 31.3 Å². The summed E-state index contributed by atoms with van der Waals surface area (Å²) in [5, 5.41) is 24.8. The van der Waals surface area contributed by atoms with Gasteiger partial charge in [0.25, 0.3) is 11.2 Å². The maximum absolute atomic E-state index is 13.0. The van der Waals surface area contributed by atoms with E-state index in [0.717, 1.165) is 4.68 Å². The van der Waals surface area contributed by atoms with Crippen LogP contribution in [0.4, 0.5) is 5.69 Å². The molecule has 3 rings (SSSR count). The van der Waals surface area contributed by atoms with E-state index < -0.39 is 22.6 Å². The van der Waals surface area contributed by atoms with Gasteiger partial charge in [-0.2, -0.15) is 9.78 Å². The number of carboxylic acid groups (broad SMARTS) is 1. The number of halogens is 1. The van der Waals surface area contributed by atoms with Crippen LogP contribution in [0, 0.1) is 10.1 Å². The van der Waals surface area contributed by atoms with Crippen LogP contribution in [0.2, 0.25) is 0 Å². The molecule has 0 aliphatic heterocycles. The highest BCUT2D eigenvalue weighted by Gasteiger charge is 2.17. The fraction of sp³-hybridized carbons (Fsp3) is 0.200. The van der Waals surface area contributed by atoms with Gasteiger partial charge in [0.2, 0.25) is 0 Å². The Morgan fingerprint density at radius 1 is 1.39 bits per heavy atom. The Bertz CT molecular complexity index is 1270. The number of hydrogen-bond acceptors (Lipinski definition) is 7. The Morgan fingerprint density at radius 2 is 2.13 bits per heavy atom. The summed E-state index contributed by atoms with van der Waals surface area (Å²) in [5.41, 5.74) is 0.0170. The minimum Gasteiger partial charge on any atom is -0.479 e. The van der Waals surface area contributed by atoms with Gasteiger partial charge in [-0.25, -0.2) is 9.78 Å². The molecule has 160 valence electrons. The van der Waals surface area contributed by atoms with Gasteiger partial charge < -0.3 is 9.84 Å². The minimum atomic E-state index is -1.20. The van der Waals surface area contributed by atoms with E-state index in [9.17, 15) is 19.7 Å². The zero-order valence-electron chi connectivity index (χ0n) is 16.5. The number of carbonyl (C=O) groups is 1. The molecule has 0 saturated heterocycles. The van der Waals surface area contributed by atoms with Crippen LogP contribution >= 0.6 is 15.9 Å². The van der Waals surface area contributed by atoms with E-state index in [1.807, 2.05) is 6.92 Å². The Morgan fingerprint density at radius 3 is 2.77 bits per heavy atom. The topological polar surface area (TPSA) is 137 Å². The van der Waals surface area contributed by atoms with Crippen LogP contribution in [0.25, 0.3) is 10.9 Å². The fourth-order valence-corrected chi connectivity index (χ4v) is 3.12. The molecule has 0 fully saturated rings. The first-order valence-electron chi connectivity index (χ1n) is 9.14. The molecule has 0 amide bonds. The molecule has 0 saturated carbocycles. The predicted molar refractivity (Wildman–Crippen MR) is 117 cm³/mol. The number of ether oxygens (including phenoxy) is 1. The first kappa shape index (κ1) is 22.1. The Hall–Kier alpha value is -3.60. The summed E-state index contributed by atoms with van der Waals surface area (Å²) in [4.78, 5) is 39.1. The van der Waals surface area contributed by atoms with Crippen molar-refractivity contribution in [2.24, 2.45) is 5.10 Å². The molecule has 1 heterocycles. The highest BCUT2D eigenvalue weighted by molar-refractivity contribution is 9.10. The lowest BCUT2D eigenvalue weighted by atomic mass is 10.2. The molecule has 0 aliphatic rings. The average Bonchev–Trinajstić information content (AvgIpc) is 2.73. The lowest BCUT2D eigenvalue weighted by molar-refractivity contribution is -0.384. The van der Waals surface area contributed by atoms with Gasteiger partial charge in [0.15, 0.2) is 6.10 Å². The van der Waals surface area contributed by atoms with Crippen molar-refractivity contribution in [3.63, 3.8) is 0 Å². The van der Waals surface area contributed by atoms with Gasteiger partial charge in [-0.1, -0.05) is 22.9 Å². The van der Waals surface area contributed by atoms with Crippen LogP contribution in [0.1, 0.15) is 25.2 Å². The number of nitro groups is 1. The summed E-state index contributed by atoms with van der Waals surface area (Å²) in [6, 6.07) is 8.80. The molecule has 11 heteroatoms. The van der Waals surface area contributed by atoms with Gasteiger partial charge in [0, 0.05) is 28.6 Å². The van der Waals surface area contributed by atoms with E-state index in [1.54, 1.807) is 18.2 Å². The molecule has 0 unspecified atom stereocenters. The second-order valence-electron chi connectivity index (χ2n) is 6.48. The first-order valence-corrected chi connectivity index (χ1v) is 9.94. The van der Waals surface area contributed by atoms with E-state index in [4.69, 9.17) is 9.84 Å². The van der Waals surface area contributed by atoms with Crippen molar-refractivity contribution in [2.45, 2.75) is 26.4 Å². The molecule has 0 aliphatic carbocycles. The second kappa shape index (κ2) is 9.04. The van der Waals surface area contributed by atoms with Crippen molar-refractivity contribution in [1.29, 1.82) is 0 Å². The number of nitro benzene ring substituents is 1. The van der Waals surface area contributed by atoms with E-state index in [0.29, 0.717) is 27.6 Å². The molecule has 1 N–H and O–H groups in total. The van der Waals surface area contributed by atoms with E-state index >= 15 is 0 Å². The number of aromatic nitrogens is 2. The minimum absolute atomic E-state index is 0.0758. The molecule has 0 radical (unpaired) electrons. The summed E-state index contributed by atoms with van der Waals surface area (Å²) in [5.74, 6) is -0.732. The predicted octanol–water partition coefficient (Wildman–Crippen LogP) is 3.36. The Balaban J connectivity index is 2.13. The molecule has 0 spiro atoms. The fourth-order valence-electron chi connectivity index (χ4n) is 2.76. The zero-order chi connectivity index (χ0) is 22.7. The highest BCUT2D eigenvalue weighted by atomic mass is 79.9. The van der Waals surface area contributed by atoms with Gasteiger partial charge in [-0.15, -0.1) is 0 Å². The van der Waals surface area contributed by atoms with Crippen LogP contribution in [0.5, 0.6) is 5.75 Å². The largest absolute Gasteiger partial charge is 0.479 e. The molecule has 1 atom stereocenters. The van der Waals surface area contributed by atoms with Crippen molar-refractivity contribution < 1.29 is 19.6 Å². The van der Waals surface area contributed by atoms with Gasteiger partial charge in [-0.05, 0) is 31.2 Å². The third kappa shape index (κ3) is 4.77. The monoisotopic (exact) mass is 488 g/mol. The number of hydrogen-bond donors (Lipinski definition) is 1. The number of carboxylic acids is 1. The van der Waals surface area contributed by atoms with Crippen molar-refractivity contribution in [3.8, 4) is 5.75 Å². The van der Waals surface area contributed by atoms with Crippen LogP contribution in [-0.2, 0) is 11.2 Å². The third-order valence-electron chi connectivity index (χ3n) is 4.36. The summed E-state index contributed by atoms with van der Waals surface area (Å²) < 4.78 is 7.19. The van der Waals surface area contributed by atoms with E-state index in [-0.39, 0.29) is 17.0 Å². The number of nitrogens with zero attached hydrogens (tertiary/aromatic N) is 4. The normalized spacial score (nSPS) is 12.2. The first-order chi connectivity index (χ1) is 14.7. The second-order valence-corrected chi connectivity index (χ2v) is 7.40. The van der Waals surface area contributed by atoms with Crippen LogP contribution in [0.15, 0.2) is 50.8 Å². The van der Waals surface area contributed by atoms with Crippen LogP contribution < -0.4 is 10.3 Å². The molecule has 1 aromatic heterocycles. The summed E-state index contributed by atoms with van der Waals surface area (Å²) in [6.45, 7) is 3.14. The number of non-ortho nitro benzene ring substituents is 1. The van der Waals surface area contributed by atoms with Crippen molar-refractivity contribution in [2.75, 3.05) is 0 Å².